The molecule has 0 radical (unpaired) electrons. The van der Waals surface area contributed by atoms with E-state index in [1.165, 1.54) is 4.90 Å². The van der Waals surface area contributed by atoms with Crippen molar-refractivity contribution in [3.8, 4) is 0 Å². The van der Waals surface area contributed by atoms with E-state index in [-0.39, 0.29) is 18.5 Å². The first-order chi connectivity index (χ1) is 10.4. The molecule has 2 N–H and O–H groups in total. The van der Waals surface area contributed by atoms with Crippen LogP contribution in [0.5, 0.6) is 0 Å². The van der Waals surface area contributed by atoms with Gasteiger partial charge in [0, 0.05) is 37.9 Å². The van der Waals surface area contributed by atoms with Gasteiger partial charge in [-0.15, -0.1) is 0 Å². The predicted molar refractivity (Wildman–Crippen MR) is 80.9 cm³/mol. The Bertz CT molecular complexity index is 585. The second-order valence-electron chi connectivity index (χ2n) is 5.36. The summed E-state index contributed by atoms with van der Waals surface area (Å²) >= 11 is 0. The molecule has 118 valence electrons. The molecule has 1 aliphatic rings. The molecule has 1 atom stereocenters. The van der Waals surface area contributed by atoms with Gasteiger partial charge in [0.2, 0.25) is 0 Å². The average molecular weight is 305 g/mol. The Morgan fingerprint density at radius 3 is 2.50 bits per heavy atom. The summed E-state index contributed by atoms with van der Waals surface area (Å²) in [6.45, 7) is 2.91. The van der Waals surface area contributed by atoms with Crippen LogP contribution in [0.4, 0.5) is 10.5 Å². The van der Waals surface area contributed by atoms with E-state index in [2.05, 4.69) is 5.32 Å². The molecule has 1 heterocycles. The van der Waals surface area contributed by atoms with Crippen molar-refractivity contribution in [2.75, 3.05) is 31.6 Å². The van der Waals surface area contributed by atoms with Crippen molar-refractivity contribution in [2.24, 2.45) is 5.92 Å². The maximum Gasteiger partial charge on any atom is 0.321 e. The Morgan fingerprint density at radius 2 is 2.00 bits per heavy atom. The molecule has 1 saturated heterocycles. The van der Waals surface area contributed by atoms with Gasteiger partial charge >= 0.3 is 12.0 Å². The molecule has 0 bridgehead atoms. The lowest BCUT2D eigenvalue weighted by Gasteiger charge is -2.20. The molecule has 2 rings (SSSR count). The highest BCUT2D eigenvalue weighted by molar-refractivity contribution is 5.97. The minimum atomic E-state index is -0.935. The van der Waals surface area contributed by atoms with E-state index < -0.39 is 11.9 Å². The van der Waals surface area contributed by atoms with Crippen LogP contribution in [0.1, 0.15) is 17.3 Å². The summed E-state index contributed by atoms with van der Waals surface area (Å²) < 4.78 is 0. The summed E-state index contributed by atoms with van der Waals surface area (Å²) in [5.74, 6) is -1.80. The number of rotatable bonds is 5. The Labute approximate surface area is 128 Å². The smallest absolute Gasteiger partial charge is 0.321 e. The predicted octanol–water partition coefficient (Wildman–Crippen LogP) is 1.01. The molecule has 1 fully saturated rings. The van der Waals surface area contributed by atoms with Crippen LogP contribution in [0, 0.1) is 5.92 Å². The van der Waals surface area contributed by atoms with Gasteiger partial charge in [0.15, 0.2) is 0 Å². The SMILES string of the molecule is C[C@@H](CN(C)C(=O)c1ccc(N2CCNC2=O)cc1)C(=O)O. The maximum absolute atomic E-state index is 12.2. The van der Waals surface area contributed by atoms with E-state index in [1.54, 1.807) is 43.1 Å². The molecule has 22 heavy (non-hydrogen) atoms. The lowest BCUT2D eigenvalue weighted by Crippen LogP contribution is -2.33. The second kappa shape index (κ2) is 6.46. The Morgan fingerprint density at radius 1 is 1.36 bits per heavy atom. The zero-order valence-corrected chi connectivity index (χ0v) is 12.6. The number of benzene rings is 1. The molecule has 7 heteroatoms. The number of hydrogen-bond donors (Lipinski definition) is 2. The van der Waals surface area contributed by atoms with Crippen molar-refractivity contribution in [1.29, 1.82) is 0 Å². The van der Waals surface area contributed by atoms with Crippen LogP contribution in [0.2, 0.25) is 0 Å². The van der Waals surface area contributed by atoms with E-state index in [0.29, 0.717) is 18.7 Å². The van der Waals surface area contributed by atoms with E-state index in [9.17, 15) is 14.4 Å². The van der Waals surface area contributed by atoms with Crippen LogP contribution in [0.15, 0.2) is 24.3 Å². The largest absolute Gasteiger partial charge is 0.481 e. The van der Waals surface area contributed by atoms with Gasteiger partial charge in [0.1, 0.15) is 0 Å². The topological polar surface area (TPSA) is 90.0 Å². The highest BCUT2D eigenvalue weighted by Crippen LogP contribution is 2.18. The number of hydrogen-bond acceptors (Lipinski definition) is 3. The maximum atomic E-state index is 12.2. The number of carbonyl (C=O) groups is 3. The lowest BCUT2D eigenvalue weighted by atomic mass is 10.1. The molecule has 0 saturated carbocycles. The van der Waals surface area contributed by atoms with Crippen molar-refractivity contribution in [1.82, 2.24) is 10.2 Å². The highest BCUT2D eigenvalue weighted by Gasteiger charge is 2.22. The number of carboxylic acids is 1. The van der Waals surface area contributed by atoms with Crippen molar-refractivity contribution in [3.63, 3.8) is 0 Å². The van der Waals surface area contributed by atoms with Crippen molar-refractivity contribution >= 4 is 23.6 Å². The zero-order chi connectivity index (χ0) is 16.3. The number of nitrogens with one attached hydrogen (secondary N) is 1. The molecular weight excluding hydrogens is 286 g/mol. The third-order valence-electron chi connectivity index (χ3n) is 3.60. The zero-order valence-electron chi connectivity index (χ0n) is 12.6. The summed E-state index contributed by atoms with van der Waals surface area (Å²) in [5.41, 5.74) is 1.19. The van der Waals surface area contributed by atoms with Crippen LogP contribution >= 0.6 is 0 Å². The first kappa shape index (κ1) is 15.8. The lowest BCUT2D eigenvalue weighted by molar-refractivity contribution is -0.141. The number of carbonyl (C=O) groups excluding carboxylic acids is 2. The highest BCUT2D eigenvalue weighted by atomic mass is 16.4. The summed E-state index contributed by atoms with van der Waals surface area (Å²) in [6, 6.07) is 6.57. The number of aliphatic carboxylic acids is 1. The molecule has 1 aliphatic heterocycles. The van der Waals surface area contributed by atoms with Crippen LogP contribution in [-0.4, -0.2) is 54.6 Å². The number of urea groups is 1. The second-order valence-corrected chi connectivity index (χ2v) is 5.36. The van der Waals surface area contributed by atoms with Crippen molar-refractivity contribution in [2.45, 2.75) is 6.92 Å². The van der Waals surface area contributed by atoms with Gasteiger partial charge in [0.25, 0.3) is 5.91 Å². The summed E-state index contributed by atoms with van der Waals surface area (Å²) in [6.07, 6.45) is 0. The standard InChI is InChI=1S/C15H19N3O4/c1-10(14(20)21)9-17(2)13(19)11-3-5-12(6-4-11)18-8-7-16-15(18)22/h3-6,10H,7-9H2,1-2H3,(H,16,22)(H,20,21)/t10-/m0/s1. The van der Waals surface area contributed by atoms with Gasteiger partial charge in [0.05, 0.1) is 5.92 Å². The third kappa shape index (κ3) is 3.36. The fourth-order valence-corrected chi connectivity index (χ4v) is 2.29. The monoisotopic (exact) mass is 305 g/mol. The number of amides is 3. The summed E-state index contributed by atoms with van der Waals surface area (Å²) in [5, 5.41) is 11.6. The average Bonchev–Trinajstić information content (AvgIpc) is 2.92. The van der Waals surface area contributed by atoms with E-state index in [4.69, 9.17) is 5.11 Å². The van der Waals surface area contributed by atoms with E-state index in [1.807, 2.05) is 0 Å². The molecule has 0 aromatic heterocycles. The van der Waals surface area contributed by atoms with Gasteiger partial charge in [-0.25, -0.2) is 4.79 Å². The minimum Gasteiger partial charge on any atom is -0.481 e. The van der Waals surface area contributed by atoms with Crippen molar-refractivity contribution < 1.29 is 19.5 Å². The Balaban J connectivity index is 2.04. The normalized spacial score (nSPS) is 15.4. The van der Waals surface area contributed by atoms with Gasteiger partial charge in [-0.05, 0) is 24.3 Å². The van der Waals surface area contributed by atoms with Gasteiger partial charge in [-0.3, -0.25) is 14.5 Å². The molecule has 1 aromatic carbocycles. The minimum absolute atomic E-state index is 0.143. The van der Waals surface area contributed by atoms with Gasteiger partial charge in [-0.1, -0.05) is 6.92 Å². The first-order valence-electron chi connectivity index (χ1n) is 7.04. The molecule has 0 spiro atoms. The first-order valence-corrected chi connectivity index (χ1v) is 7.04. The Kier molecular flexibility index (Phi) is 4.65. The number of anilines is 1. The summed E-state index contributed by atoms with van der Waals surface area (Å²) in [4.78, 5) is 37.6. The van der Waals surface area contributed by atoms with E-state index in [0.717, 1.165) is 5.69 Å². The van der Waals surface area contributed by atoms with Crippen molar-refractivity contribution in [3.05, 3.63) is 29.8 Å². The van der Waals surface area contributed by atoms with E-state index >= 15 is 0 Å². The molecule has 0 unspecified atom stereocenters. The molecule has 0 aliphatic carbocycles. The van der Waals surface area contributed by atoms with Gasteiger partial charge < -0.3 is 15.3 Å². The third-order valence-corrected chi connectivity index (χ3v) is 3.60. The van der Waals surface area contributed by atoms with Gasteiger partial charge in [-0.2, -0.15) is 0 Å². The quantitative estimate of drug-likeness (QED) is 0.849. The fraction of sp³-hybridized carbons (Fsp3) is 0.400. The molecule has 3 amide bonds. The number of nitrogens with zero attached hydrogens (tertiary/aromatic N) is 2. The summed E-state index contributed by atoms with van der Waals surface area (Å²) in [7, 11) is 1.57. The van der Waals surface area contributed by atoms with Crippen LogP contribution in [0.3, 0.4) is 0 Å². The Hall–Kier alpha value is -2.57. The number of carboxylic acid groups (broad SMARTS) is 1. The van der Waals surface area contributed by atoms with Crippen LogP contribution in [0.25, 0.3) is 0 Å². The molecular formula is C15H19N3O4. The van der Waals surface area contributed by atoms with Crippen LogP contribution < -0.4 is 10.2 Å². The molecule has 7 nitrogen and oxygen atoms in total. The fourth-order valence-electron chi connectivity index (χ4n) is 2.29. The van der Waals surface area contributed by atoms with Crippen LogP contribution in [-0.2, 0) is 4.79 Å². The molecule has 1 aromatic rings.